The molecule has 0 atom stereocenters. The molecule has 2 aromatic rings. The number of nitrogens with zero attached hydrogens (tertiary/aromatic N) is 2. The highest BCUT2D eigenvalue weighted by atomic mass is 32.2. The lowest BCUT2D eigenvalue weighted by Crippen LogP contribution is -2.28. The van der Waals surface area contributed by atoms with Crippen LogP contribution in [0.5, 0.6) is 5.75 Å². The van der Waals surface area contributed by atoms with Gasteiger partial charge in [-0.3, -0.25) is 4.99 Å². The third-order valence-electron chi connectivity index (χ3n) is 4.70. The molecule has 1 aromatic heterocycles. The van der Waals surface area contributed by atoms with Crippen molar-refractivity contribution in [1.82, 2.24) is 4.57 Å². The monoisotopic (exact) mass is 384 g/mol. The molecule has 2 aliphatic rings. The fourth-order valence-electron chi connectivity index (χ4n) is 3.55. The summed E-state index contributed by atoms with van der Waals surface area (Å²) in [4.78, 5) is 4.45. The number of aromatic nitrogens is 1. The largest absolute Gasteiger partial charge is 0.534 e. The van der Waals surface area contributed by atoms with Crippen LogP contribution in [0, 0.1) is 0 Å². The quantitative estimate of drug-likeness (QED) is 0.590. The minimum Gasteiger partial charge on any atom is -0.376 e. The second-order valence-electron chi connectivity index (χ2n) is 6.32. The van der Waals surface area contributed by atoms with E-state index in [0.717, 1.165) is 41.2 Å². The number of benzene rings is 1. The second kappa shape index (κ2) is 5.60. The van der Waals surface area contributed by atoms with Crippen molar-refractivity contribution in [3.8, 4) is 17.0 Å². The molecule has 1 aromatic carbocycles. The van der Waals surface area contributed by atoms with Gasteiger partial charge in [-0.05, 0) is 55.2 Å². The van der Waals surface area contributed by atoms with Gasteiger partial charge in [0.15, 0.2) is 0 Å². The molecular formula is C17H15F3N2O3S. The van der Waals surface area contributed by atoms with E-state index in [2.05, 4.69) is 19.8 Å². The molecule has 1 aliphatic carbocycles. The van der Waals surface area contributed by atoms with Crippen molar-refractivity contribution < 1.29 is 25.8 Å². The highest BCUT2D eigenvalue weighted by Crippen LogP contribution is 2.39. The number of rotatable bonds is 2. The van der Waals surface area contributed by atoms with Crippen LogP contribution in [-0.2, 0) is 29.5 Å². The van der Waals surface area contributed by atoms with Crippen LogP contribution in [0.2, 0.25) is 0 Å². The van der Waals surface area contributed by atoms with E-state index in [4.69, 9.17) is 0 Å². The molecule has 1 aliphatic heterocycles. The summed E-state index contributed by atoms with van der Waals surface area (Å²) in [6.07, 6.45) is 1.33. The number of aryl methyl sites for hydroxylation is 2. The van der Waals surface area contributed by atoms with Crippen LogP contribution in [0.3, 0.4) is 0 Å². The van der Waals surface area contributed by atoms with Crippen LogP contribution < -0.4 is 4.18 Å². The normalized spacial score (nSPS) is 16.4. The number of alkyl halides is 3. The van der Waals surface area contributed by atoms with Gasteiger partial charge in [-0.2, -0.15) is 21.6 Å². The lowest BCUT2D eigenvalue weighted by molar-refractivity contribution is -0.0500. The molecule has 0 N–H and O–H groups in total. The van der Waals surface area contributed by atoms with E-state index in [-0.39, 0.29) is 5.75 Å². The van der Waals surface area contributed by atoms with E-state index < -0.39 is 15.6 Å². The van der Waals surface area contributed by atoms with Gasteiger partial charge in [-0.25, -0.2) is 0 Å². The Morgan fingerprint density at radius 1 is 1.15 bits per heavy atom. The van der Waals surface area contributed by atoms with Crippen molar-refractivity contribution in [2.24, 2.45) is 4.99 Å². The molecule has 0 bridgehead atoms. The van der Waals surface area contributed by atoms with Gasteiger partial charge >= 0.3 is 15.6 Å². The Bertz CT molecular complexity index is 1040. The van der Waals surface area contributed by atoms with Crippen molar-refractivity contribution in [1.29, 1.82) is 0 Å². The van der Waals surface area contributed by atoms with Gasteiger partial charge in [0.2, 0.25) is 0 Å². The van der Waals surface area contributed by atoms with Gasteiger partial charge in [-0.1, -0.05) is 0 Å². The SMILES string of the molecule is CC1=NCCn2c1cc1c2-c2ccc(OS(=O)(=O)C(F)(F)F)cc2CC1. The first-order valence-electron chi connectivity index (χ1n) is 8.05. The van der Waals surface area contributed by atoms with Gasteiger partial charge in [0.05, 0.1) is 23.6 Å². The van der Waals surface area contributed by atoms with Gasteiger partial charge in [-0.15, -0.1) is 0 Å². The summed E-state index contributed by atoms with van der Waals surface area (Å²) >= 11 is 0. The van der Waals surface area contributed by atoms with Crippen molar-refractivity contribution in [2.45, 2.75) is 31.8 Å². The highest BCUT2D eigenvalue weighted by Gasteiger charge is 2.48. The Hall–Kier alpha value is -2.29. The van der Waals surface area contributed by atoms with Crippen LogP contribution in [-0.4, -0.2) is 30.7 Å². The van der Waals surface area contributed by atoms with Crippen molar-refractivity contribution in [2.75, 3.05) is 6.54 Å². The summed E-state index contributed by atoms with van der Waals surface area (Å²) in [5.41, 5.74) is 0.421. The second-order valence-corrected chi connectivity index (χ2v) is 7.86. The van der Waals surface area contributed by atoms with E-state index >= 15 is 0 Å². The minimum atomic E-state index is -5.67. The van der Waals surface area contributed by atoms with Crippen LogP contribution in [0.4, 0.5) is 13.2 Å². The predicted octanol–water partition coefficient (Wildman–Crippen LogP) is 3.30. The molecule has 0 radical (unpaired) electrons. The van der Waals surface area contributed by atoms with Gasteiger partial charge in [0.25, 0.3) is 0 Å². The van der Waals surface area contributed by atoms with Gasteiger partial charge in [0.1, 0.15) is 5.75 Å². The standard InChI is InChI=1S/C17H15F3N2O3S/c1-10-15-9-12-3-2-11-8-13(25-26(23,24)17(18,19)20)4-5-14(11)16(12)22(15)7-6-21-10/h4-5,8-9H,2-3,6-7H2,1H3. The van der Waals surface area contributed by atoms with Crippen LogP contribution >= 0.6 is 0 Å². The molecule has 0 saturated carbocycles. The molecule has 2 heterocycles. The molecule has 0 spiro atoms. The van der Waals surface area contributed by atoms with Crippen molar-refractivity contribution in [3.63, 3.8) is 0 Å². The zero-order valence-electron chi connectivity index (χ0n) is 13.8. The number of aliphatic imine (C=N–C) groups is 1. The summed E-state index contributed by atoms with van der Waals surface area (Å²) in [5, 5.41) is 0. The van der Waals surface area contributed by atoms with Crippen LogP contribution in [0.15, 0.2) is 29.3 Å². The fraction of sp³-hybridized carbons (Fsp3) is 0.353. The van der Waals surface area contributed by atoms with E-state index in [1.165, 1.54) is 17.7 Å². The average Bonchev–Trinajstić information content (AvgIpc) is 2.94. The summed E-state index contributed by atoms with van der Waals surface area (Å²) < 4.78 is 66.4. The topological polar surface area (TPSA) is 60.7 Å². The molecular weight excluding hydrogens is 369 g/mol. The fourth-order valence-corrected chi connectivity index (χ4v) is 4.00. The van der Waals surface area contributed by atoms with Gasteiger partial charge in [0, 0.05) is 12.1 Å². The number of halogens is 3. The summed E-state index contributed by atoms with van der Waals surface area (Å²) in [5.74, 6) is -0.326. The Balaban J connectivity index is 1.75. The Labute approximate surface area is 148 Å². The van der Waals surface area contributed by atoms with E-state index in [9.17, 15) is 21.6 Å². The van der Waals surface area contributed by atoms with E-state index in [1.807, 2.05) is 6.92 Å². The Morgan fingerprint density at radius 3 is 2.62 bits per heavy atom. The molecule has 4 rings (SSSR count). The zero-order chi connectivity index (χ0) is 18.7. The van der Waals surface area contributed by atoms with E-state index in [1.54, 1.807) is 6.07 Å². The maximum atomic E-state index is 12.5. The lowest BCUT2D eigenvalue weighted by atomic mass is 9.90. The molecule has 26 heavy (non-hydrogen) atoms. The Kier molecular flexibility index (Phi) is 3.69. The smallest absolute Gasteiger partial charge is 0.376 e. The molecule has 138 valence electrons. The van der Waals surface area contributed by atoms with E-state index in [0.29, 0.717) is 13.0 Å². The zero-order valence-corrected chi connectivity index (χ0v) is 14.6. The summed E-state index contributed by atoms with van der Waals surface area (Å²) in [6, 6.07) is 6.38. The number of hydrogen-bond acceptors (Lipinski definition) is 4. The molecule has 0 unspecified atom stereocenters. The summed E-state index contributed by atoms with van der Waals surface area (Å²) in [6.45, 7) is 3.37. The molecule has 5 nitrogen and oxygen atoms in total. The molecule has 0 fully saturated rings. The average molecular weight is 384 g/mol. The predicted molar refractivity (Wildman–Crippen MR) is 90.0 cm³/mol. The highest BCUT2D eigenvalue weighted by molar-refractivity contribution is 7.88. The van der Waals surface area contributed by atoms with Gasteiger partial charge < -0.3 is 8.75 Å². The molecule has 9 heteroatoms. The summed E-state index contributed by atoms with van der Waals surface area (Å²) in [7, 11) is -5.67. The third-order valence-corrected chi connectivity index (χ3v) is 5.68. The lowest BCUT2D eigenvalue weighted by Gasteiger charge is -2.22. The first kappa shape index (κ1) is 17.1. The van der Waals surface area contributed by atoms with Crippen LogP contribution in [0.1, 0.15) is 23.7 Å². The first-order valence-corrected chi connectivity index (χ1v) is 9.46. The third kappa shape index (κ3) is 2.61. The number of fused-ring (bicyclic) bond motifs is 5. The first-order chi connectivity index (χ1) is 12.2. The maximum Gasteiger partial charge on any atom is 0.534 e. The van der Waals surface area contributed by atoms with Crippen LogP contribution in [0.25, 0.3) is 11.3 Å². The maximum absolute atomic E-state index is 12.5. The Morgan fingerprint density at radius 2 is 1.88 bits per heavy atom. The molecule has 0 amide bonds. The van der Waals surface area contributed by atoms with Crippen molar-refractivity contribution in [3.05, 3.63) is 41.1 Å². The minimum absolute atomic E-state index is 0.326. The number of hydrogen-bond donors (Lipinski definition) is 0. The molecule has 0 saturated heterocycles. The van der Waals surface area contributed by atoms with Crippen molar-refractivity contribution >= 4 is 15.8 Å².